The van der Waals surface area contributed by atoms with Gasteiger partial charge in [-0.3, -0.25) is 14.7 Å². The molecule has 132 valence electrons. The summed E-state index contributed by atoms with van der Waals surface area (Å²) in [5, 5.41) is 27.9. The van der Waals surface area contributed by atoms with Gasteiger partial charge in [-0.15, -0.1) is 5.10 Å². The minimum Gasteiger partial charge on any atom is -0.622 e. The van der Waals surface area contributed by atoms with Crippen molar-refractivity contribution in [2.24, 2.45) is 5.10 Å². The summed E-state index contributed by atoms with van der Waals surface area (Å²) >= 11 is 0. The summed E-state index contributed by atoms with van der Waals surface area (Å²) in [7, 11) is 1.50. The molecule has 0 aliphatic carbocycles. The standard InChI is InChI=1S/C17H14N4O5/c1-26-12-8-6-11(7-9-12)17(23)19-18-16-15(10-22)20(24)13-4-2-3-5-14(13)21(16)25/h2-10,21H,1H3,(H,19,23)/b18-16+. The highest BCUT2D eigenvalue weighted by Crippen LogP contribution is 2.22. The minimum absolute atomic E-state index is 0.0556. The third-order valence-corrected chi connectivity index (χ3v) is 3.78. The number of benzene rings is 2. The molecule has 3 rings (SSSR count). The largest absolute Gasteiger partial charge is 0.622 e. The Kier molecular flexibility index (Phi) is 4.74. The maximum atomic E-state index is 12.5. The number of hydrazone groups is 1. The van der Waals surface area contributed by atoms with Gasteiger partial charge in [0.05, 0.1) is 7.11 Å². The first-order valence-electron chi connectivity index (χ1n) is 7.52. The first-order valence-corrected chi connectivity index (χ1v) is 7.52. The number of rotatable bonds is 4. The molecule has 0 fully saturated rings. The van der Waals surface area contributed by atoms with E-state index < -0.39 is 22.5 Å². The number of quaternary nitrogens is 1. The van der Waals surface area contributed by atoms with E-state index in [0.717, 1.165) is 0 Å². The molecular formula is C17H14N4O5. The highest BCUT2D eigenvalue weighted by Gasteiger charge is 2.36. The molecule has 2 N–H and O–H groups in total. The van der Waals surface area contributed by atoms with Crippen LogP contribution in [0.5, 0.6) is 5.75 Å². The minimum atomic E-state index is -0.621. The Balaban J connectivity index is 1.91. The summed E-state index contributed by atoms with van der Waals surface area (Å²) in [6, 6.07) is 12.2. The van der Waals surface area contributed by atoms with E-state index in [1.807, 2.05) is 0 Å². The summed E-state index contributed by atoms with van der Waals surface area (Å²) in [4.78, 5) is 23.4. The second kappa shape index (κ2) is 7.13. The van der Waals surface area contributed by atoms with Crippen molar-refractivity contribution in [2.75, 3.05) is 7.11 Å². The van der Waals surface area contributed by atoms with Crippen LogP contribution in [0.25, 0.3) is 0 Å². The highest BCUT2D eigenvalue weighted by atomic mass is 16.5. The number of methoxy groups -OCH3 is 1. The second-order valence-corrected chi connectivity index (χ2v) is 5.27. The van der Waals surface area contributed by atoms with E-state index in [0.29, 0.717) is 10.5 Å². The van der Waals surface area contributed by atoms with Gasteiger partial charge in [-0.05, 0) is 24.3 Å². The Hall–Kier alpha value is -3.56. The number of aldehydes is 1. The summed E-state index contributed by atoms with van der Waals surface area (Å²) in [6.07, 6.45) is 0.235. The number of nitrogens with one attached hydrogen (secondary N) is 2. The predicted octanol–water partition coefficient (Wildman–Crippen LogP) is 0.248. The topological polar surface area (TPSA) is 121 Å². The van der Waals surface area contributed by atoms with E-state index in [1.54, 1.807) is 24.3 Å². The number of amides is 1. The molecule has 9 heteroatoms. The van der Waals surface area contributed by atoms with Gasteiger partial charge in [-0.1, -0.05) is 12.1 Å². The Morgan fingerprint density at radius 2 is 1.92 bits per heavy atom. The molecule has 2 aromatic rings. The number of hydrogen-bond donors (Lipinski definition) is 2. The number of carbonyl (C=O) groups is 2. The van der Waals surface area contributed by atoms with Crippen LogP contribution in [0.3, 0.4) is 0 Å². The van der Waals surface area contributed by atoms with Gasteiger partial charge in [-0.25, -0.2) is 5.43 Å². The van der Waals surface area contributed by atoms with Crippen molar-refractivity contribution >= 4 is 35.1 Å². The molecule has 1 heterocycles. The van der Waals surface area contributed by atoms with Gasteiger partial charge in [-0.2, -0.15) is 4.74 Å². The Morgan fingerprint density at radius 1 is 1.23 bits per heavy atom. The molecule has 1 atom stereocenters. The smallest absolute Gasteiger partial charge is 0.341 e. The lowest BCUT2D eigenvalue weighted by molar-refractivity contribution is -0.673. The zero-order chi connectivity index (χ0) is 18.7. The maximum Gasteiger partial charge on any atom is 0.341 e. The summed E-state index contributed by atoms with van der Waals surface area (Å²) in [5.74, 6) is -0.449. The number of fused-ring (bicyclic) bond motifs is 1. The molecule has 1 amide bonds. The maximum absolute atomic E-state index is 12.5. The molecule has 9 nitrogen and oxygen atoms in total. The molecule has 0 aromatic heterocycles. The fraction of sp³-hybridized carbons (Fsp3) is 0.0588. The number of carbonyl (C=O) groups excluding carboxylic acids is 2. The number of amidine groups is 1. The van der Waals surface area contributed by atoms with Crippen molar-refractivity contribution in [3.05, 3.63) is 64.5 Å². The number of ether oxygens (including phenoxy) is 1. The highest BCUT2D eigenvalue weighted by molar-refractivity contribution is 6.57. The van der Waals surface area contributed by atoms with Gasteiger partial charge >= 0.3 is 11.5 Å². The van der Waals surface area contributed by atoms with Crippen LogP contribution >= 0.6 is 0 Å². The van der Waals surface area contributed by atoms with Crippen LogP contribution in [0, 0.1) is 10.4 Å². The zero-order valence-electron chi connectivity index (χ0n) is 13.6. The van der Waals surface area contributed by atoms with Gasteiger partial charge in [0, 0.05) is 17.7 Å². The van der Waals surface area contributed by atoms with Crippen molar-refractivity contribution in [3.8, 4) is 5.75 Å². The molecule has 1 aliphatic rings. The molecule has 26 heavy (non-hydrogen) atoms. The Labute approximate surface area is 148 Å². The SMILES string of the molecule is COc1ccc(C(=O)N/N=C2\C(C=O)=[N+]([O-])c3ccccc3[NH+]2[O-])cc1. The van der Waals surface area contributed by atoms with Gasteiger partial charge in [0.2, 0.25) is 12.0 Å². The number of para-hydroxylation sites is 2. The second-order valence-electron chi connectivity index (χ2n) is 5.27. The monoisotopic (exact) mass is 354 g/mol. The first kappa shape index (κ1) is 17.3. The van der Waals surface area contributed by atoms with E-state index in [1.165, 1.54) is 31.4 Å². The lowest BCUT2D eigenvalue weighted by atomic mass is 10.2. The molecule has 0 bridgehead atoms. The van der Waals surface area contributed by atoms with Crippen LogP contribution in [-0.2, 0) is 4.79 Å². The molecule has 0 spiro atoms. The summed E-state index contributed by atoms with van der Waals surface area (Å²) in [5.41, 5.74) is 2.15. The van der Waals surface area contributed by atoms with Crippen molar-refractivity contribution < 1.29 is 24.1 Å². The fourth-order valence-electron chi connectivity index (χ4n) is 2.44. The van der Waals surface area contributed by atoms with Crippen LogP contribution < -0.4 is 15.2 Å². The fourth-order valence-corrected chi connectivity index (χ4v) is 2.44. The zero-order valence-corrected chi connectivity index (χ0v) is 13.6. The predicted molar refractivity (Wildman–Crippen MR) is 92.7 cm³/mol. The molecule has 1 aliphatic heterocycles. The van der Waals surface area contributed by atoms with E-state index in [9.17, 15) is 20.0 Å². The lowest BCUT2D eigenvalue weighted by Gasteiger charge is -2.25. The van der Waals surface area contributed by atoms with Crippen LogP contribution in [0.4, 0.5) is 11.4 Å². The summed E-state index contributed by atoms with van der Waals surface area (Å²) in [6.45, 7) is 0. The number of hydroxylamine groups is 1. The average molecular weight is 354 g/mol. The lowest BCUT2D eigenvalue weighted by Crippen LogP contribution is -3.07. The third-order valence-electron chi connectivity index (χ3n) is 3.78. The summed E-state index contributed by atoms with van der Waals surface area (Å²) < 4.78 is 5.33. The molecule has 2 aromatic carbocycles. The van der Waals surface area contributed by atoms with Gasteiger partial charge < -0.3 is 15.2 Å². The van der Waals surface area contributed by atoms with Crippen molar-refractivity contribution in [3.63, 3.8) is 0 Å². The van der Waals surface area contributed by atoms with E-state index >= 15 is 0 Å². The van der Waals surface area contributed by atoms with Crippen molar-refractivity contribution in [1.82, 2.24) is 5.43 Å². The van der Waals surface area contributed by atoms with Crippen LogP contribution in [-0.4, -0.2) is 35.6 Å². The third kappa shape index (κ3) is 3.04. The van der Waals surface area contributed by atoms with E-state index in [-0.39, 0.29) is 23.2 Å². The molecule has 0 saturated heterocycles. The van der Waals surface area contributed by atoms with Crippen molar-refractivity contribution in [1.29, 1.82) is 0 Å². The first-order chi connectivity index (χ1) is 12.6. The van der Waals surface area contributed by atoms with Crippen LogP contribution in [0.2, 0.25) is 0 Å². The molecule has 0 radical (unpaired) electrons. The van der Waals surface area contributed by atoms with E-state index in [2.05, 4.69) is 10.5 Å². The molecule has 0 saturated carbocycles. The van der Waals surface area contributed by atoms with E-state index in [4.69, 9.17) is 4.74 Å². The molecular weight excluding hydrogens is 340 g/mol. The molecule has 1 unspecified atom stereocenters. The average Bonchev–Trinajstić information content (AvgIpc) is 2.69. The van der Waals surface area contributed by atoms with Gasteiger partial charge in [0.15, 0.2) is 0 Å². The van der Waals surface area contributed by atoms with Crippen molar-refractivity contribution in [2.45, 2.75) is 0 Å². The van der Waals surface area contributed by atoms with Gasteiger partial charge in [0.1, 0.15) is 5.75 Å². The Morgan fingerprint density at radius 3 is 2.58 bits per heavy atom. The quantitative estimate of drug-likeness (QED) is 0.353. The van der Waals surface area contributed by atoms with Crippen LogP contribution in [0.15, 0.2) is 53.6 Å². The Bertz CT molecular complexity index is 921. The van der Waals surface area contributed by atoms with Crippen LogP contribution in [0.1, 0.15) is 10.4 Å². The number of hydrogen-bond acceptors (Lipinski definition) is 6. The number of nitrogens with zero attached hydrogens (tertiary/aromatic N) is 2. The normalized spacial score (nSPS) is 17.6. The van der Waals surface area contributed by atoms with Gasteiger partial charge in [0.25, 0.3) is 11.6 Å².